The fourth-order valence-electron chi connectivity index (χ4n) is 1.95. The summed E-state index contributed by atoms with van der Waals surface area (Å²) in [5, 5.41) is 4.70. The smallest absolute Gasteiger partial charge is 0.0794 e. The van der Waals surface area contributed by atoms with Gasteiger partial charge in [0.1, 0.15) is 0 Å². The zero-order valence-corrected chi connectivity index (χ0v) is 10.1. The molecule has 3 rings (SSSR count). The quantitative estimate of drug-likeness (QED) is 0.739. The summed E-state index contributed by atoms with van der Waals surface area (Å²) in [7, 11) is 0. The van der Waals surface area contributed by atoms with Crippen LogP contribution in [0.1, 0.15) is 10.4 Å². The predicted molar refractivity (Wildman–Crippen MR) is 71.0 cm³/mol. The summed E-state index contributed by atoms with van der Waals surface area (Å²) in [6.07, 6.45) is 3.89. The lowest BCUT2D eigenvalue weighted by atomic mass is 10.1. The van der Waals surface area contributed by atoms with Gasteiger partial charge in [0.05, 0.1) is 5.51 Å². The molecule has 0 atom stereocenters. The van der Waals surface area contributed by atoms with Crippen LogP contribution in [-0.2, 0) is 13.1 Å². The number of thiazole rings is 1. The molecule has 1 aromatic carbocycles. The second-order valence-electron chi connectivity index (χ2n) is 3.93. The van der Waals surface area contributed by atoms with Gasteiger partial charge in [0, 0.05) is 35.9 Å². The van der Waals surface area contributed by atoms with E-state index in [9.17, 15) is 0 Å². The van der Waals surface area contributed by atoms with Crippen molar-refractivity contribution in [3.63, 3.8) is 0 Å². The highest BCUT2D eigenvalue weighted by atomic mass is 32.1. The molecular formula is C13H13N3S. The van der Waals surface area contributed by atoms with Crippen molar-refractivity contribution in [2.24, 2.45) is 0 Å². The lowest BCUT2D eigenvalue weighted by molar-refractivity contribution is 0.702. The Morgan fingerprint density at radius 1 is 1.24 bits per heavy atom. The maximum atomic E-state index is 4.06. The first-order chi connectivity index (χ1) is 8.43. The molecule has 0 bridgehead atoms. The lowest BCUT2D eigenvalue weighted by Gasteiger charge is -2.04. The molecule has 0 aliphatic carbocycles. The van der Waals surface area contributed by atoms with Crippen LogP contribution in [-0.4, -0.2) is 9.97 Å². The van der Waals surface area contributed by atoms with Gasteiger partial charge in [-0.1, -0.05) is 18.2 Å². The minimum Gasteiger partial charge on any atom is -0.361 e. The number of nitrogens with zero attached hydrogens (tertiary/aromatic N) is 1. The van der Waals surface area contributed by atoms with E-state index in [4.69, 9.17) is 0 Å². The number of hydrogen-bond donors (Lipinski definition) is 2. The number of para-hydroxylation sites is 1. The Morgan fingerprint density at radius 3 is 3.12 bits per heavy atom. The Morgan fingerprint density at radius 2 is 2.24 bits per heavy atom. The number of aromatic amines is 1. The van der Waals surface area contributed by atoms with E-state index in [1.807, 2.05) is 17.9 Å². The molecule has 0 radical (unpaired) electrons. The van der Waals surface area contributed by atoms with Gasteiger partial charge in [0.15, 0.2) is 0 Å². The minimum absolute atomic E-state index is 0.871. The second kappa shape index (κ2) is 4.69. The molecule has 0 aliphatic rings. The van der Waals surface area contributed by atoms with Crippen LogP contribution in [0, 0.1) is 0 Å². The SMILES string of the molecule is c1cc(CNCc2cncs2)c2[nH]ccc2c1. The van der Waals surface area contributed by atoms with E-state index < -0.39 is 0 Å². The van der Waals surface area contributed by atoms with Crippen molar-refractivity contribution in [3.05, 3.63) is 52.6 Å². The Balaban J connectivity index is 1.70. The molecule has 0 spiro atoms. The van der Waals surface area contributed by atoms with Crippen LogP contribution in [0.4, 0.5) is 0 Å². The zero-order chi connectivity index (χ0) is 11.5. The molecule has 3 nitrogen and oxygen atoms in total. The van der Waals surface area contributed by atoms with Crippen molar-refractivity contribution < 1.29 is 0 Å². The Labute approximate surface area is 104 Å². The monoisotopic (exact) mass is 243 g/mol. The van der Waals surface area contributed by atoms with Gasteiger partial charge < -0.3 is 10.3 Å². The number of fused-ring (bicyclic) bond motifs is 1. The summed E-state index contributed by atoms with van der Waals surface area (Å²) in [6, 6.07) is 8.47. The summed E-state index contributed by atoms with van der Waals surface area (Å²) in [4.78, 5) is 8.61. The van der Waals surface area contributed by atoms with Gasteiger partial charge >= 0.3 is 0 Å². The van der Waals surface area contributed by atoms with Crippen molar-refractivity contribution in [2.45, 2.75) is 13.1 Å². The minimum atomic E-state index is 0.871. The van der Waals surface area contributed by atoms with Crippen LogP contribution >= 0.6 is 11.3 Å². The van der Waals surface area contributed by atoms with E-state index >= 15 is 0 Å². The average Bonchev–Trinajstić information content (AvgIpc) is 2.99. The Hall–Kier alpha value is -1.65. The number of nitrogens with one attached hydrogen (secondary N) is 2. The summed E-state index contributed by atoms with van der Waals surface area (Å²) >= 11 is 1.68. The van der Waals surface area contributed by atoms with Crippen molar-refractivity contribution in [3.8, 4) is 0 Å². The summed E-state index contributed by atoms with van der Waals surface area (Å²) < 4.78 is 0. The van der Waals surface area contributed by atoms with Gasteiger partial charge in [0.25, 0.3) is 0 Å². The van der Waals surface area contributed by atoms with E-state index in [2.05, 4.69) is 39.6 Å². The first-order valence-corrected chi connectivity index (χ1v) is 6.44. The van der Waals surface area contributed by atoms with E-state index in [-0.39, 0.29) is 0 Å². The Bertz CT molecular complexity index is 598. The molecule has 2 aromatic heterocycles. The number of rotatable bonds is 4. The molecule has 0 saturated carbocycles. The van der Waals surface area contributed by atoms with Gasteiger partial charge in [0.2, 0.25) is 0 Å². The Kier molecular flexibility index (Phi) is 2.90. The van der Waals surface area contributed by atoms with Gasteiger partial charge in [-0.2, -0.15) is 0 Å². The third kappa shape index (κ3) is 2.23. The van der Waals surface area contributed by atoms with Crippen LogP contribution in [0.5, 0.6) is 0 Å². The van der Waals surface area contributed by atoms with E-state index in [1.165, 1.54) is 21.3 Å². The molecule has 0 saturated heterocycles. The highest BCUT2D eigenvalue weighted by molar-refractivity contribution is 7.09. The van der Waals surface area contributed by atoms with Crippen LogP contribution < -0.4 is 5.32 Å². The number of H-pyrrole nitrogens is 1. The van der Waals surface area contributed by atoms with Crippen LogP contribution in [0.2, 0.25) is 0 Å². The van der Waals surface area contributed by atoms with E-state index in [1.54, 1.807) is 11.3 Å². The van der Waals surface area contributed by atoms with E-state index in [0.29, 0.717) is 0 Å². The number of benzene rings is 1. The average molecular weight is 243 g/mol. The second-order valence-corrected chi connectivity index (χ2v) is 4.90. The van der Waals surface area contributed by atoms with Crippen LogP contribution in [0.25, 0.3) is 10.9 Å². The highest BCUT2D eigenvalue weighted by Gasteiger charge is 2.01. The topological polar surface area (TPSA) is 40.7 Å². The van der Waals surface area contributed by atoms with Gasteiger partial charge in [-0.3, -0.25) is 4.98 Å². The maximum Gasteiger partial charge on any atom is 0.0794 e. The zero-order valence-electron chi connectivity index (χ0n) is 9.31. The summed E-state index contributed by atoms with van der Waals surface area (Å²) in [6.45, 7) is 1.75. The number of aromatic nitrogens is 2. The standard InChI is InChI=1S/C13H13N3S/c1-2-10-4-5-16-13(10)11(3-1)6-14-7-12-8-15-9-17-12/h1-5,8-9,14,16H,6-7H2. The van der Waals surface area contributed by atoms with Gasteiger partial charge in [-0.15, -0.1) is 11.3 Å². The largest absolute Gasteiger partial charge is 0.361 e. The maximum absolute atomic E-state index is 4.06. The third-order valence-corrected chi connectivity index (χ3v) is 3.55. The van der Waals surface area contributed by atoms with Crippen LogP contribution in [0.3, 0.4) is 0 Å². The normalized spacial score (nSPS) is 11.1. The summed E-state index contributed by atoms with van der Waals surface area (Å²) in [5.41, 5.74) is 4.39. The molecule has 0 aliphatic heterocycles. The molecule has 4 heteroatoms. The van der Waals surface area contributed by atoms with Crippen molar-refractivity contribution in [1.29, 1.82) is 0 Å². The molecule has 17 heavy (non-hydrogen) atoms. The molecule has 86 valence electrons. The first-order valence-electron chi connectivity index (χ1n) is 5.56. The highest BCUT2D eigenvalue weighted by Crippen LogP contribution is 2.16. The molecular weight excluding hydrogens is 230 g/mol. The molecule has 2 N–H and O–H groups in total. The summed E-state index contributed by atoms with van der Waals surface area (Å²) in [5.74, 6) is 0. The van der Waals surface area contributed by atoms with Crippen molar-refractivity contribution in [2.75, 3.05) is 0 Å². The molecule has 3 aromatic rings. The lowest BCUT2D eigenvalue weighted by Crippen LogP contribution is -2.12. The van der Waals surface area contributed by atoms with Gasteiger partial charge in [-0.05, 0) is 17.0 Å². The van der Waals surface area contributed by atoms with Crippen molar-refractivity contribution in [1.82, 2.24) is 15.3 Å². The third-order valence-electron chi connectivity index (χ3n) is 2.77. The molecule has 2 heterocycles. The van der Waals surface area contributed by atoms with Gasteiger partial charge in [-0.25, -0.2) is 0 Å². The fourth-order valence-corrected chi connectivity index (χ4v) is 2.51. The molecule has 0 fully saturated rings. The van der Waals surface area contributed by atoms with Crippen LogP contribution in [0.15, 0.2) is 42.2 Å². The molecule has 0 amide bonds. The number of hydrogen-bond acceptors (Lipinski definition) is 3. The van der Waals surface area contributed by atoms with Crippen molar-refractivity contribution >= 4 is 22.2 Å². The molecule has 0 unspecified atom stereocenters. The fraction of sp³-hybridized carbons (Fsp3) is 0.154. The van der Waals surface area contributed by atoms with E-state index in [0.717, 1.165) is 13.1 Å². The predicted octanol–water partition coefficient (Wildman–Crippen LogP) is 2.91. The first kappa shape index (κ1) is 10.5.